The second-order valence-corrected chi connectivity index (χ2v) is 6.14. The molecule has 0 aliphatic rings. The number of H-pyrrole nitrogens is 1. The van der Waals surface area contributed by atoms with Crippen LogP contribution in [-0.2, 0) is 13.5 Å². The number of hydrogen-bond donors (Lipinski definition) is 1. The summed E-state index contributed by atoms with van der Waals surface area (Å²) in [6.45, 7) is 2.15. The molecule has 0 atom stereocenters. The second-order valence-electron chi connectivity index (χ2n) is 6.14. The molecular formula is C19H16N6. The van der Waals surface area contributed by atoms with E-state index in [9.17, 15) is 0 Å². The van der Waals surface area contributed by atoms with Gasteiger partial charge in [-0.1, -0.05) is 13.0 Å². The zero-order valence-corrected chi connectivity index (χ0v) is 14.0. The number of nitrogens with zero attached hydrogens (tertiary/aromatic N) is 5. The summed E-state index contributed by atoms with van der Waals surface area (Å²) in [6.07, 6.45) is 8.30. The van der Waals surface area contributed by atoms with Gasteiger partial charge in [0.25, 0.3) is 0 Å². The van der Waals surface area contributed by atoms with Crippen molar-refractivity contribution in [1.29, 1.82) is 0 Å². The Morgan fingerprint density at radius 2 is 1.92 bits per heavy atom. The van der Waals surface area contributed by atoms with Crippen LogP contribution in [0.15, 0.2) is 43.0 Å². The monoisotopic (exact) mass is 328 g/mol. The highest BCUT2D eigenvalue weighted by atomic mass is 15.3. The van der Waals surface area contributed by atoms with Crippen molar-refractivity contribution in [2.24, 2.45) is 7.05 Å². The number of aryl methyl sites for hydroxylation is 2. The predicted octanol–water partition coefficient (Wildman–Crippen LogP) is 3.62. The lowest BCUT2D eigenvalue weighted by Gasteiger charge is -2.01. The minimum atomic E-state index is 0.865. The van der Waals surface area contributed by atoms with Crippen molar-refractivity contribution in [2.45, 2.75) is 13.3 Å². The van der Waals surface area contributed by atoms with Crippen LogP contribution in [0.3, 0.4) is 0 Å². The molecule has 0 saturated heterocycles. The Balaban J connectivity index is 1.84. The summed E-state index contributed by atoms with van der Waals surface area (Å²) >= 11 is 0. The molecule has 4 heterocycles. The molecular weight excluding hydrogens is 312 g/mol. The Morgan fingerprint density at radius 3 is 2.76 bits per heavy atom. The molecule has 0 saturated carbocycles. The molecule has 5 rings (SSSR count). The van der Waals surface area contributed by atoms with Gasteiger partial charge in [0.2, 0.25) is 0 Å². The van der Waals surface area contributed by atoms with Crippen LogP contribution in [0.2, 0.25) is 0 Å². The number of fused-ring (bicyclic) bond motifs is 4. The summed E-state index contributed by atoms with van der Waals surface area (Å²) in [5, 5.41) is 6.99. The van der Waals surface area contributed by atoms with Gasteiger partial charge in [0.15, 0.2) is 0 Å². The summed E-state index contributed by atoms with van der Waals surface area (Å²) in [7, 11) is 1.98. The van der Waals surface area contributed by atoms with Crippen molar-refractivity contribution in [1.82, 2.24) is 29.7 Å². The van der Waals surface area contributed by atoms with Crippen LogP contribution in [0.1, 0.15) is 12.5 Å². The molecule has 122 valence electrons. The molecule has 1 N–H and O–H groups in total. The van der Waals surface area contributed by atoms with Gasteiger partial charge < -0.3 is 4.98 Å². The quantitative estimate of drug-likeness (QED) is 0.537. The Hall–Kier alpha value is -3.28. The van der Waals surface area contributed by atoms with E-state index in [1.54, 1.807) is 12.4 Å². The third-order valence-corrected chi connectivity index (χ3v) is 4.71. The van der Waals surface area contributed by atoms with E-state index in [0.29, 0.717) is 0 Å². The lowest BCUT2D eigenvalue weighted by atomic mass is 10.1. The Labute approximate surface area is 143 Å². The molecule has 0 radical (unpaired) electrons. The highest BCUT2D eigenvalue weighted by molar-refractivity contribution is 6.09. The molecule has 0 bridgehead atoms. The first-order chi connectivity index (χ1) is 12.3. The maximum absolute atomic E-state index is 4.79. The van der Waals surface area contributed by atoms with Crippen molar-refractivity contribution >= 4 is 33.0 Å². The molecule has 25 heavy (non-hydrogen) atoms. The van der Waals surface area contributed by atoms with Crippen LogP contribution in [0.4, 0.5) is 0 Å². The molecule has 6 heteroatoms. The Bertz CT molecular complexity index is 1250. The molecule has 6 nitrogen and oxygen atoms in total. The smallest absolute Gasteiger partial charge is 0.139 e. The van der Waals surface area contributed by atoms with Gasteiger partial charge >= 0.3 is 0 Å². The zero-order valence-electron chi connectivity index (χ0n) is 14.0. The summed E-state index contributed by atoms with van der Waals surface area (Å²) < 4.78 is 1.95. The second kappa shape index (κ2) is 5.11. The molecule has 0 aliphatic heterocycles. The lowest BCUT2D eigenvalue weighted by molar-refractivity contribution is 0.802. The number of aromatic nitrogens is 6. The Kier molecular flexibility index (Phi) is 2.88. The van der Waals surface area contributed by atoms with Gasteiger partial charge in [0, 0.05) is 48.2 Å². The van der Waals surface area contributed by atoms with E-state index in [-0.39, 0.29) is 0 Å². The average Bonchev–Trinajstić information content (AvgIpc) is 3.22. The van der Waals surface area contributed by atoms with Crippen LogP contribution >= 0.6 is 0 Å². The first kappa shape index (κ1) is 14.1. The fourth-order valence-electron chi connectivity index (χ4n) is 3.51. The summed E-state index contributed by atoms with van der Waals surface area (Å²) in [4.78, 5) is 16.6. The van der Waals surface area contributed by atoms with Crippen LogP contribution in [0, 0.1) is 0 Å². The fraction of sp³-hybridized carbons (Fsp3) is 0.158. The largest absolute Gasteiger partial charge is 0.346 e. The summed E-state index contributed by atoms with van der Waals surface area (Å²) in [5.74, 6) is 0. The fourth-order valence-corrected chi connectivity index (χ4v) is 3.51. The number of pyridine rings is 1. The van der Waals surface area contributed by atoms with Crippen LogP contribution in [-0.4, -0.2) is 29.7 Å². The van der Waals surface area contributed by atoms with Crippen LogP contribution < -0.4 is 0 Å². The van der Waals surface area contributed by atoms with Crippen molar-refractivity contribution < 1.29 is 0 Å². The van der Waals surface area contributed by atoms with Gasteiger partial charge in [-0.15, -0.1) is 0 Å². The molecule has 0 spiro atoms. The number of benzene rings is 1. The first-order valence-corrected chi connectivity index (χ1v) is 8.29. The van der Waals surface area contributed by atoms with Gasteiger partial charge in [0.1, 0.15) is 11.3 Å². The SMILES string of the molecule is CCc1c[nH]c2ncc3c(-c4ccc5nccnc5c4)nn(C)c3c12. The minimum absolute atomic E-state index is 0.865. The first-order valence-electron chi connectivity index (χ1n) is 8.29. The normalized spacial score (nSPS) is 11.8. The third-order valence-electron chi connectivity index (χ3n) is 4.71. The third kappa shape index (κ3) is 1.97. The zero-order chi connectivity index (χ0) is 17.0. The highest BCUT2D eigenvalue weighted by Gasteiger charge is 2.17. The topological polar surface area (TPSA) is 72.3 Å². The van der Waals surface area contributed by atoms with E-state index in [4.69, 9.17) is 5.10 Å². The van der Waals surface area contributed by atoms with Crippen molar-refractivity contribution in [3.63, 3.8) is 0 Å². The van der Waals surface area contributed by atoms with Crippen molar-refractivity contribution in [3.8, 4) is 11.3 Å². The van der Waals surface area contributed by atoms with Gasteiger partial charge in [0.05, 0.1) is 16.6 Å². The van der Waals surface area contributed by atoms with Crippen molar-refractivity contribution in [3.05, 3.63) is 48.5 Å². The summed E-state index contributed by atoms with van der Waals surface area (Å²) in [6, 6.07) is 6.06. The number of aromatic amines is 1. The maximum atomic E-state index is 4.79. The molecule has 0 unspecified atom stereocenters. The summed E-state index contributed by atoms with van der Waals surface area (Å²) in [5.41, 5.74) is 6.96. The van der Waals surface area contributed by atoms with E-state index in [1.807, 2.05) is 42.3 Å². The molecule has 1 aromatic carbocycles. The molecule has 5 aromatic rings. The average molecular weight is 328 g/mol. The van der Waals surface area contributed by atoms with E-state index in [0.717, 1.165) is 50.6 Å². The number of nitrogens with one attached hydrogen (secondary N) is 1. The number of hydrogen-bond acceptors (Lipinski definition) is 4. The molecule has 4 aromatic heterocycles. The Morgan fingerprint density at radius 1 is 1.08 bits per heavy atom. The number of rotatable bonds is 2. The van der Waals surface area contributed by atoms with Crippen LogP contribution in [0.25, 0.3) is 44.2 Å². The maximum Gasteiger partial charge on any atom is 0.139 e. The van der Waals surface area contributed by atoms with E-state index in [2.05, 4.69) is 26.9 Å². The van der Waals surface area contributed by atoms with Gasteiger partial charge in [-0.25, -0.2) is 4.98 Å². The lowest BCUT2D eigenvalue weighted by Crippen LogP contribution is -1.92. The molecule has 0 amide bonds. The minimum Gasteiger partial charge on any atom is -0.346 e. The van der Waals surface area contributed by atoms with Crippen molar-refractivity contribution in [2.75, 3.05) is 0 Å². The van der Waals surface area contributed by atoms with Crippen LogP contribution in [0.5, 0.6) is 0 Å². The van der Waals surface area contributed by atoms with Gasteiger partial charge in [-0.2, -0.15) is 5.10 Å². The molecule has 0 aliphatic carbocycles. The predicted molar refractivity (Wildman–Crippen MR) is 98.3 cm³/mol. The molecule has 0 fully saturated rings. The van der Waals surface area contributed by atoms with E-state index in [1.165, 1.54) is 5.56 Å². The van der Waals surface area contributed by atoms with E-state index >= 15 is 0 Å². The standard InChI is InChI=1S/C19H16N6/c1-3-11-9-22-19-16(11)18-13(10-23-19)17(24-25(18)2)12-4-5-14-15(8-12)21-7-6-20-14/h4-10H,3H2,1-2H3,(H,22,23). The highest BCUT2D eigenvalue weighted by Crippen LogP contribution is 2.33. The van der Waals surface area contributed by atoms with E-state index < -0.39 is 0 Å². The van der Waals surface area contributed by atoms with Gasteiger partial charge in [-0.05, 0) is 24.1 Å². The van der Waals surface area contributed by atoms with Gasteiger partial charge in [-0.3, -0.25) is 14.6 Å².